The number of nitrogen functional groups attached to an aromatic ring is 1. The van der Waals surface area contributed by atoms with Crippen molar-refractivity contribution in [2.75, 3.05) is 11.5 Å². The molecule has 0 aliphatic carbocycles. The van der Waals surface area contributed by atoms with E-state index in [0.29, 0.717) is 5.82 Å². The third-order valence-corrected chi connectivity index (χ3v) is 2.39. The van der Waals surface area contributed by atoms with E-state index >= 15 is 0 Å². The summed E-state index contributed by atoms with van der Waals surface area (Å²) >= 11 is 1.66. The molecule has 0 saturated carbocycles. The number of aryl methyl sites for hydroxylation is 1. The minimum Gasteiger partial charge on any atom is -0.383 e. The summed E-state index contributed by atoms with van der Waals surface area (Å²) in [7, 11) is 0. The van der Waals surface area contributed by atoms with E-state index in [0.717, 1.165) is 16.6 Å². The fraction of sp³-hybridized carbons (Fsp3) is 0.500. The number of nitrogens with two attached hydrogens (primary N) is 1. The van der Waals surface area contributed by atoms with Gasteiger partial charge in [0.15, 0.2) is 5.16 Å². The Morgan fingerprint density at radius 2 is 2.14 bits per heavy atom. The van der Waals surface area contributed by atoms with Crippen LogP contribution in [0.5, 0.6) is 0 Å². The number of anilines is 1. The predicted octanol–water partition coefficient (Wildman–Crippen LogP) is 3.01. The standard InChI is InChI=1S/C8H13N3S.C2H6/c1-4-11-7(9)6(3)10-8(11)12-5-2;1-2/h4H,1,5,9H2,2-3H3;1-2H3. The molecule has 1 aromatic rings. The summed E-state index contributed by atoms with van der Waals surface area (Å²) in [6.07, 6.45) is 1.69. The molecule has 1 rings (SSSR count). The van der Waals surface area contributed by atoms with E-state index in [9.17, 15) is 0 Å². The number of thioether (sulfide) groups is 1. The zero-order valence-corrected chi connectivity index (χ0v) is 10.2. The maximum absolute atomic E-state index is 5.76. The molecule has 0 radical (unpaired) electrons. The molecule has 0 aromatic carbocycles. The highest BCUT2D eigenvalue weighted by Gasteiger charge is 2.08. The summed E-state index contributed by atoms with van der Waals surface area (Å²) in [4.78, 5) is 4.30. The van der Waals surface area contributed by atoms with Gasteiger partial charge in [-0.3, -0.25) is 4.57 Å². The van der Waals surface area contributed by atoms with Crippen LogP contribution in [-0.4, -0.2) is 15.3 Å². The van der Waals surface area contributed by atoms with Crippen molar-refractivity contribution in [1.29, 1.82) is 0 Å². The first-order chi connectivity index (χ1) is 6.70. The van der Waals surface area contributed by atoms with Crippen molar-refractivity contribution >= 4 is 23.8 Å². The molecule has 0 aliphatic heterocycles. The Kier molecular flexibility index (Phi) is 6.12. The van der Waals surface area contributed by atoms with Gasteiger partial charge in [-0.15, -0.1) is 0 Å². The molecule has 0 fully saturated rings. The number of aromatic nitrogens is 2. The zero-order valence-electron chi connectivity index (χ0n) is 9.37. The Bertz CT molecular complexity index is 292. The lowest BCUT2D eigenvalue weighted by atomic mass is 10.5. The molecule has 2 N–H and O–H groups in total. The van der Waals surface area contributed by atoms with E-state index in [4.69, 9.17) is 5.73 Å². The summed E-state index contributed by atoms with van der Waals surface area (Å²) in [5, 5.41) is 0.919. The number of nitrogens with zero attached hydrogens (tertiary/aromatic N) is 2. The summed E-state index contributed by atoms with van der Waals surface area (Å²) in [5.41, 5.74) is 6.63. The quantitative estimate of drug-likeness (QED) is 0.785. The zero-order chi connectivity index (χ0) is 11.1. The molecule has 0 spiro atoms. The number of imidazole rings is 1. The normalized spacial score (nSPS) is 9.14. The average molecular weight is 213 g/mol. The van der Waals surface area contributed by atoms with Gasteiger partial charge < -0.3 is 5.73 Å². The van der Waals surface area contributed by atoms with E-state index in [1.807, 2.05) is 25.3 Å². The van der Waals surface area contributed by atoms with E-state index in [1.54, 1.807) is 18.0 Å². The molecule has 1 aromatic heterocycles. The fourth-order valence-corrected chi connectivity index (χ4v) is 1.71. The topological polar surface area (TPSA) is 43.8 Å². The van der Waals surface area contributed by atoms with E-state index in [2.05, 4.69) is 18.5 Å². The van der Waals surface area contributed by atoms with Crippen LogP contribution >= 0.6 is 11.8 Å². The molecule has 3 nitrogen and oxygen atoms in total. The summed E-state index contributed by atoms with van der Waals surface area (Å²) in [5.74, 6) is 1.67. The van der Waals surface area contributed by atoms with Crippen molar-refractivity contribution in [3.8, 4) is 0 Å². The third kappa shape index (κ3) is 2.80. The van der Waals surface area contributed by atoms with E-state index in [1.165, 1.54) is 0 Å². The Morgan fingerprint density at radius 3 is 2.57 bits per heavy atom. The van der Waals surface area contributed by atoms with Crippen LogP contribution in [0.2, 0.25) is 0 Å². The lowest BCUT2D eigenvalue weighted by Gasteiger charge is -2.00. The maximum Gasteiger partial charge on any atom is 0.174 e. The van der Waals surface area contributed by atoms with Crippen molar-refractivity contribution < 1.29 is 0 Å². The van der Waals surface area contributed by atoms with Gasteiger partial charge in [-0.1, -0.05) is 39.1 Å². The second-order valence-corrected chi connectivity index (χ2v) is 3.58. The molecular formula is C10H19N3S. The SMILES string of the molecule is C=Cn1c(SCC)nc(C)c1N.CC. The van der Waals surface area contributed by atoms with Gasteiger partial charge in [0.2, 0.25) is 0 Å². The largest absolute Gasteiger partial charge is 0.383 e. The van der Waals surface area contributed by atoms with Crippen LogP contribution in [0, 0.1) is 6.92 Å². The smallest absolute Gasteiger partial charge is 0.174 e. The van der Waals surface area contributed by atoms with Crippen LogP contribution in [0.4, 0.5) is 5.82 Å². The predicted molar refractivity (Wildman–Crippen MR) is 65.5 cm³/mol. The van der Waals surface area contributed by atoms with Crippen LogP contribution in [0.3, 0.4) is 0 Å². The van der Waals surface area contributed by atoms with Crippen LogP contribution in [0.1, 0.15) is 26.5 Å². The summed E-state index contributed by atoms with van der Waals surface area (Å²) in [6.45, 7) is 11.7. The molecule has 0 saturated heterocycles. The van der Waals surface area contributed by atoms with Gasteiger partial charge in [-0.25, -0.2) is 4.98 Å². The molecular weight excluding hydrogens is 194 g/mol. The minimum atomic E-state index is 0.681. The van der Waals surface area contributed by atoms with Gasteiger partial charge in [0, 0.05) is 6.20 Å². The van der Waals surface area contributed by atoms with Crippen molar-refractivity contribution in [3.63, 3.8) is 0 Å². The van der Waals surface area contributed by atoms with Gasteiger partial charge in [0.25, 0.3) is 0 Å². The van der Waals surface area contributed by atoms with Crippen molar-refractivity contribution in [3.05, 3.63) is 12.3 Å². The summed E-state index contributed by atoms with van der Waals surface area (Å²) in [6, 6.07) is 0. The van der Waals surface area contributed by atoms with Crippen LogP contribution in [0.25, 0.3) is 6.20 Å². The van der Waals surface area contributed by atoms with Gasteiger partial charge in [-0.05, 0) is 12.7 Å². The molecule has 14 heavy (non-hydrogen) atoms. The van der Waals surface area contributed by atoms with Crippen molar-refractivity contribution in [2.45, 2.75) is 32.9 Å². The average Bonchev–Trinajstić information content (AvgIpc) is 2.46. The highest BCUT2D eigenvalue weighted by molar-refractivity contribution is 7.99. The van der Waals surface area contributed by atoms with Crippen LogP contribution in [0.15, 0.2) is 11.7 Å². The molecule has 0 aliphatic rings. The third-order valence-electron chi connectivity index (χ3n) is 1.56. The first-order valence-corrected chi connectivity index (χ1v) is 5.79. The van der Waals surface area contributed by atoms with Crippen molar-refractivity contribution in [2.24, 2.45) is 0 Å². The molecule has 80 valence electrons. The van der Waals surface area contributed by atoms with Gasteiger partial charge in [0.1, 0.15) is 5.82 Å². The molecule has 0 amide bonds. The highest BCUT2D eigenvalue weighted by atomic mass is 32.2. The molecule has 0 unspecified atom stereocenters. The fourth-order valence-electron chi connectivity index (χ4n) is 0.939. The second kappa shape index (κ2) is 6.54. The molecule has 0 atom stereocenters. The number of rotatable bonds is 3. The Balaban J connectivity index is 0.000000791. The first kappa shape index (κ1) is 13.1. The number of hydrogen-bond acceptors (Lipinski definition) is 3. The van der Waals surface area contributed by atoms with E-state index in [-0.39, 0.29) is 0 Å². The Hall–Kier alpha value is -0.900. The maximum atomic E-state index is 5.76. The minimum absolute atomic E-state index is 0.681. The van der Waals surface area contributed by atoms with Crippen molar-refractivity contribution in [1.82, 2.24) is 9.55 Å². The lowest BCUT2D eigenvalue weighted by molar-refractivity contribution is 0.946. The Labute approximate surface area is 90.4 Å². The number of hydrogen-bond donors (Lipinski definition) is 1. The van der Waals surface area contributed by atoms with Gasteiger partial charge in [-0.2, -0.15) is 0 Å². The van der Waals surface area contributed by atoms with Crippen LogP contribution in [-0.2, 0) is 0 Å². The molecule has 0 bridgehead atoms. The van der Waals surface area contributed by atoms with Gasteiger partial charge >= 0.3 is 0 Å². The van der Waals surface area contributed by atoms with Crippen LogP contribution < -0.4 is 5.73 Å². The lowest BCUT2D eigenvalue weighted by Crippen LogP contribution is -1.96. The first-order valence-electron chi connectivity index (χ1n) is 4.80. The van der Waals surface area contributed by atoms with E-state index < -0.39 is 0 Å². The Morgan fingerprint density at radius 1 is 1.57 bits per heavy atom. The highest BCUT2D eigenvalue weighted by Crippen LogP contribution is 2.22. The molecule has 1 heterocycles. The molecule has 4 heteroatoms. The second-order valence-electron chi connectivity index (χ2n) is 2.35. The van der Waals surface area contributed by atoms with Gasteiger partial charge in [0.05, 0.1) is 5.69 Å². The monoisotopic (exact) mass is 213 g/mol. The summed E-state index contributed by atoms with van der Waals surface area (Å²) < 4.78 is 1.81.